The van der Waals surface area contributed by atoms with Crippen LogP contribution in [0.15, 0.2) is 30.5 Å². The molecule has 3 aromatic rings. The summed E-state index contributed by atoms with van der Waals surface area (Å²) in [5.41, 5.74) is 2.90. The molecule has 0 fully saturated rings. The van der Waals surface area contributed by atoms with Crippen molar-refractivity contribution in [3.8, 4) is 0 Å². The Balaban J connectivity index is 1.48. The molecule has 0 bridgehead atoms. The maximum Gasteiger partial charge on any atom is 0.343 e. The fourth-order valence-corrected chi connectivity index (χ4v) is 3.51. The minimum Gasteiger partial charge on any atom is -0.452 e. The minimum absolute atomic E-state index is 0.217. The van der Waals surface area contributed by atoms with Crippen LogP contribution in [0.1, 0.15) is 41.4 Å². The van der Waals surface area contributed by atoms with E-state index in [0.717, 1.165) is 29.3 Å². The van der Waals surface area contributed by atoms with Gasteiger partial charge in [0.2, 0.25) is 0 Å². The van der Waals surface area contributed by atoms with Gasteiger partial charge in [-0.25, -0.2) is 4.79 Å². The van der Waals surface area contributed by atoms with Gasteiger partial charge in [-0.3, -0.25) is 9.48 Å². The third-order valence-electron chi connectivity index (χ3n) is 4.72. The lowest BCUT2D eigenvalue weighted by molar-refractivity contribution is -0.124. The molecule has 0 saturated carbocycles. The van der Waals surface area contributed by atoms with Crippen molar-refractivity contribution in [3.63, 3.8) is 0 Å². The topological polar surface area (TPSA) is 89.0 Å². The number of hydrogen-bond acceptors (Lipinski definition) is 4. The van der Waals surface area contributed by atoms with Gasteiger partial charge in [0.1, 0.15) is 10.7 Å². The van der Waals surface area contributed by atoms with Crippen LogP contribution in [0.3, 0.4) is 0 Å². The maximum absolute atomic E-state index is 12.3. The summed E-state index contributed by atoms with van der Waals surface area (Å²) < 4.78 is 6.73. The number of carbonyl (C=O) groups excluding carboxylic acids is 2. The molecule has 0 aliphatic heterocycles. The smallest absolute Gasteiger partial charge is 0.343 e. The largest absolute Gasteiger partial charge is 0.452 e. The fraction of sp³-hybridized carbons (Fsp3) is 0.381. The van der Waals surface area contributed by atoms with Gasteiger partial charge in [-0.15, -0.1) is 0 Å². The Morgan fingerprint density at radius 1 is 1.31 bits per heavy atom. The van der Waals surface area contributed by atoms with Crippen LogP contribution in [0.4, 0.5) is 0 Å². The van der Waals surface area contributed by atoms with Crippen LogP contribution >= 0.6 is 11.6 Å². The second-order valence-corrected chi connectivity index (χ2v) is 7.22. The van der Waals surface area contributed by atoms with Crippen LogP contribution in [0.25, 0.3) is 10.9 Å². The number of esters is 1. The predicted octanol–water partition coefficient (Wildman–Crippen LogP) is 3.64. The van der Waals surface area contributed by atoms with Gasteiger partial charge in [0.05, 0.1) is 5.69 Å². The lowest BCUT2D eigenvalue weighted by Crippen LogP contribution is -2.30. The van der Waals surface area contributed by atoms with Gasteiger partial charge in [-0.2, -0.15) is 5.10 Å². The number of fused-ring (bicyclic) bond motifs is 1. The zero-order valence-electron chi connectivity index (χ0n) is 16.6. The van der Waals surface area contributed by atoms with Gasteiger partial charge in [0.25, 0.3) is 5.91 Å². The van der Waals surface area contributed by atoms with Gasteiger partial charge in [-0.05, 0) is 31.4 Å². The van der Waals surface area contributed by atoms with E-state index < -0.39 is 5.97 Å². The van der Waals surface area contributed by atoms with E-state index in [-0.39, 0.29) is 23.2 Å². The summed E-state index contributed by atoms with van der Waals surface area (Å²) in [6.07, 6.45) is 4.53. The van der Waals surface area contributed by atoms with Crippen LogP contribution in [-0.4, -0.2) is 39.8 Å². The van der Waals surface area contributed by atoms with Gasteiger partial charge in [0, 0.05) is 30.2 Å². The van der Waals surface area contributed by atoms with E-state index in [1.54, 1.807) is 11.6 Å². The molecule has 0 atom stereocenters. The highest BCUT2D eigenvalue weighted by atomic mass is 35.5. The summed E-state index contributed by atoms with van der Waals surface area (Å²) in [6.45, 7) is 4.50. The molecule has 0 unspecified atom stereocenters. The molecule has 1 amide bonds. The Kier molecular flexibility index (Phi) is 6.93. The monoisotopic (exact) mass is 416 g/mol. The molecule has 2 aromatic heterocycles. The number of rotatable bonds is 9. The van der Waals surface area contributed by atoms with Crippen molar-refractivity contribution >= 4 is 34.4 Å². The molecular weight excluding hydrogens is 392 g/mol. The van der Waals surface area contributed by atoms with E-state index in [1.165, 1.54) is 0 Å². The Morgan fingerprint density at radius 3 is 2.90 bits per heavy atom. The lowest BCUT2D eigenvalue weighted by Gasteiger charge is -2.07. The van der Waals surface area contributed by atoms with Crippen LogP contribution in [0.5, 0.6) is 0 Å². The van der Waals surface area contributed by atoms with Crippen molar-refractivity contribution in [2.75, 3.05) is 13.2 Å². The number of amides is 1. The average Bonchev–Trinajstić information content (AvgIpc) is 3.25. The van der Waals surface area contributed by atoms with Gasteiger partial charge < -0.3 is 15.0 Å². The highest BCUT2D eigenvalue weighted by Gasteiger charge is 2.22. The van der Waals surface area contributed by atoms with Gasteiger partial charge >= 0.3 is 5.97 Å². The quantitative estimate of drug-likeness (QED) is 0.521. The first-order valence-electron chi connectivity index (χ1n) is 9.73. The highest BCUT2D eigenvalue weighted by Crippen LogP contribution is 2.21. The number of nitrogens with zero attached hydrogens (tertiary/aromatic N) is 2. The number of aryl methyl sites for hydroxylation is 2. The molecule has 1 aromatic carbocycles. The van der Waals surface area contributed by atoms with Gasteiger partial charge in [-0.1, -0.05) is 43.1 Å². The first-order valence-corrected chi connectivity index (χ1v) is 10.1. The maximum atomic E-state index is 12.3. The number of H-pyrrole nitrogens is 1. The summed E-state index contributed by atoms with van der Waals surface area (Å²) >= 11 is 6.26. The van der Waals surface area contributed by atoms with Crippen molar-refractivity contribution in [2.24, 2.45) is 0 Å². The van der Waals surface area contributed by atoms with Crippen LogP contribution in [0, 0.1) is 6.92 Å². The number of aromatic amines is 1. The first kappa shape index (κ1) is 20.9. The standard InChI is InChI=1S/C21H25ClN4O3/c1-3-4-11-26-20(22)19(14(2)25-26)21(28)29-13-18(27)23-10-9-15-12-24-17-8-6-5-7-16(15)17/h5-8,12,24H,3-4,9-11,13H2,1-2H3,(H,23,27). The lowest BCUT2D eigenvalue weighted by atomic mass is 10.1. The summed E-state index contributed by atoms with van der Waals surface area (Å²) in [5, 5.41) is 8.44. The minimum atomic E-state index is -0.637. The molecule has 0 aliphatic rings. The molecule has 0 aliphatic carbocycles. The number of para-hydroxylation sites is 1. The first-order chi connectivity index (χ1) is 14.0. The molecule has 29 heavy (non-hydrogen) atoms. The van der Waals surface area contributed by atoms with Crippen LogP contribution < -0.4 is 5.32 Å². The third kappa shape index (κ3) is 4.98. The van der Waals surface area contributed by atoms with E-state index in [4.69, 9.17) is 16.3 Å². The second-order valence-electron chi connectivity index (χ2n) is 6.86. The number of ether oxygens (including phenoxy) is 1. The number of unbranched alkanes of at least 4 members (excludes halogenated alkanes) is 1. The Labute approximate surface area is 174 Å². The molecule has 0 spiro atoms. The third-order valence-corrected chi connectivity index (χ3v) is 5.10. The molecule has 2 heterocycles. The summed E-state index contributed by atoms with van der Waals surface area (Å²) in [6, 6.07) is 8.00. The van der Waals surface area contributed by atoms with Crippen molar-refractivity contribution in [2.45, 2.75) is 39.7 Å². The molecule has 0 saturated heterocycles. The summed E-state index contributed by atoms with van der Waals surface area (Å²) in [4.78, 5) is 27.6. The van der Waals surface area contributed by atoms with Crippen LogP contribution in [0.2, 0.25) is 5.15 Å². The Bertz CT molecular complexity index is 1010. The number of aromatic nitrogens is 3. The molecule has 0 radical (unpaired) electrons. The Hall–Kier alpha value is -2.80. The molecule has 3 rings (SSSR count). The number of benzene rings is 1. The fourth-order valence-electron chi connectivity index (χ4n) is 3.17. The van der Waals surface area contributed by atoms with Crippen molar-refractivity contribution < 1.29 is 14.3 Å². The Morgan fingerprint density at radius 2 is 2.10 bits per heavy atom. The zero-order valence-corrected chi connectivity index (χ0v) is 17.4. The van der Waals surface area contributed by atoms with E-state index in [9.17, 15) is 9.59 Å². The summed E-state index contributed by atoms with van der Waals surface area (Å²) in [7, 11) is 0. The van der Waals surface area contributed by atoms with Crippen molar-refractivity contribution in [1.29, 1.82) is 0 Å². The SMILES string of the molecule is CCCCn1nc(C)c(C(=O)OCC(=O)NCCc2c[nH]c3ccccc23)c1Cl. The molecule has 154 valence electrons. The van der Waals surface area contributed by atoms with Crippen LogP contribution in [-0.2, 0) is 22.5 Å². The van der Waals surface area contributed by atoms with Gasteiger partial charge in [0.15, 0.2) is 6.61 Å². The van der Waals surface area contributed by atoms with E-state index in [2.05, 4.69) is 22.3 Å². The van der Waals surface area contributed by atoms with Crippen molar-refractivity contribution in [1.82, 2.24) is 20.1 Å². The number of halogens is 1. The molecule has 2 N–H and O–H groups in total. The number of carbonyl (C=O) groups is 2. The number of hydrogen-bond donors (Lipinski definition) is 2. The van der Waals surface area contributed by atoms with E-state index in [0.29, 0.717) is 25.2 Å². The summed E-state index contributed by atoms with van der Waals surface area (Å²) in [5.74, 6) is -0.993. The van der Waals surface area contributed by atoms with E-state index >= 15 is 0 Å². The average molecular weight is 417 g/mol. The second kappa shape index (κ2) is 9.60. The van der Waals surface area contributed by atoms with Crippen molar-refractivity contribution in [3.05, 3.63) is 52.4 Å². The molecular formula is C21H25ClN4O3. The highest BCUT2D eigenvalue weighted by molar-refractivity contribution is 6.32. The zero-order chi connectivity index (χ0) is 20.8. The predicted molar refractivity (Wildman–Crippen MR) is 112 cm³/mol. The molecule has 8 heteroatoms. The normalized spacial score (nSPS) is 11.0. The van der Waals surface area contributed by atoms with E-state index in [1.807, 2.05) is 30.5 Å². The number of nitrogens with one attached hydrogen (secondary N) is 2. The molecule has 7 nitrogen and oxygen atoms in total.